The Bertz CT molecular complexity index is 97.6. The van der Waals surface area contributed by atoms with Crippen molar-refractivity contribution in [3.8, 4) is 0 Å². The topological polar surface area (TPSA) is 38.3 Å². The van der Waals surface area contributed by atoms with Crippen LogP contribution in [0, 0.1) is 0 Å². The molecule has 1 N–H and O–H groups in total. The minimum Gasteiger partial charge on any atom is -0.468 e. The van der Waals surface area contributed by atoms with E-state index in [-0.39, 0.29) is 24.4 Å². The smallest absolute Gasteiger partial charge is 0.323 e. The maximum Gasteiger partial charge on any atom is 0.323 e. The SMILES string of the molecule is CN[C@H](CS)C(=O)OC.Cl. The molecule has 0 amide bonds. The van der Waals surface area contributed by atoms with Gasteiger partial charge in [-0.1, -0.05) is 0 Å². The van der Waals surface area contributed by atoms with E-state index in [2.05, 4.69) is 22.7 Å². The van der Waals surface area contributed by atoms with Crippen LogP contribution in [0.25, 0.3) is 0 Å². The summed E-state index contributed by atoms with van der Waals surface area (Å²) >= 11 is 3.93. The molecular formula is C5H12ClNO2S. The van der Waals surface area contributed by atoms with Crippen LogP contribution in [0.3, 0.4) is 0 Å². The van der Waals surface area contributed by atoms with Crippen molar-refractivity contribution in [1.29, 1.82) is 0 Å². The molecule has 0 fully saturated rings. The fraction of sp³-hybridized carbons (Fsp3) is 0.800. The van der Waals surface area contributed by atoms with Crippen molar-refractivity contribution >= 4 is 31.0 Å². The zero-order valence-corrected chi connectivity index (χ0v) is 7.67. The molecule has 5 heteroatoms. The van der Waals surface area contributed by atoms with Gasteiger partial charge in [0.15, 0.2) is 0 Å². The Morgan fingerprint density at radius 3 is 2.40 bits per heavy atom. The lowest BCUT2D eigenvalue weighted by Gasteiger charge is -2.08. The van der Waals surface area contributed by atoms with Crippen LogP contribution in [0.15, 0.2) is 0 Å². The first-order valence-electron chi connectivity index (χ1n) is 2.62. The van der Waals surface area contributed by atoms with E-state index in [1.54, 1.807) is 7.05 Å². The highest BCUT2D eigenvalue weighted by molar-refractivity contribution is 7.80. The van der Waals surface area contributed by atoms with Gasteiger partial charge in [0.2, 0.25) is 0 Å². The van der Waals surface area contributed by atoms with E-state index in [0.717, 1.165) is 0 Å². The van der Waals surface area contributed by atoms with Crippen LogP contribution in [0.2, 0.25) is 0 Å². The molecule has 0 saturated carbocycles. The van der Waals surface area contributed by atoms with Crippen LogP contribution in [0.4, 0.5) is 0 Å². The van der Waals surface area contributed by atoms with Crippen LogP contribution in [0.5, 0.6) is 0 Å². The number of carbonyl (C=O) groups is 1. The van der Waals surface area contributed by atoms with Crippen molar-refractivity contribution in [3.05, 3.63) is 0 Å². The number of hydrogen-bond acceptors (Lipinski definition) is 4. The highest BCUT2D eigenvalue weighted by Crippen LogP contribution is 1.88. The van der Waals surface area contributed by atoms with E-state index in [1.807, 2.05) is 0 Å². The number of esters is 1. The molecular weight excluding hydrogens is 174 g/mol. The van der Waals surface area contributed by atoms with Gasteiger partial charge in [0.1, 0.15) is 6.04 Å². The Morgan fingerprint density at radius 1 is 1.80 bits per heavy atom. The standard InChI is InChI=1S/C5H11NO2S.ClH/c1-6-4(3-9)5(7)8-2;/h4,6,9H,3H2,1-2H3;1H/t4-;/m1./s1. The zero-order valence-electron chi connectivity index (χ0n) is 5.96. The molecule has 0 spiro atoms. The molecule has 0 radical (unpaired) electrons. The summed E-state index contributed by atoms with van der Waals surface area (Å²) in [6.07, 6.45) is 0. The molecule has 1 atom stereocenters. The largest absolute Gasteiger partial charge is 0.468 e. The molecule has 0 rings (SSSR count). The number of thiol groups is 1. The molecule has 0 aliphatic heterocycles. The fourth-order valence-corrected chi connectivity index (χ4v) is 0.758. The second-order valence-electron chi connectivity index (χ2n) is 1.55. The molecule has 3 nitrogen and oxygen atoms in total. The molecule has 0 bridgehead atoms. The van der Waals surface area contributed by atoms with Gasteiger partial charge in [-0.25, -0.2) is 0 Å². The molecule has 0 aromatic carbocycles. The normalized spacial score (nSPS) is 11.5. The maximum atomic E-state index is 10.6. The van der Waals surface area contributed by atoms with Crippen molar-refractivity contribution in [2.24, 2.45) is 0 Å². The van der Waals surface area contributed by atoms with Crippen LogP contribution < -0.4 is 5.32 Å². The van der Waals surface area contributed by atoms with E-state index in [9.17, 15) is 4.79 Å². The molecule has 0 saturated heterocycles. The lowest BCUT2D eigenvalue weighted by atomic mass is 10.3. The molecule has 0 aromatic rings. The Balaban J connectivity index is 0. The number of halogens is 1. The lowest BCUT2D eigenvalue weighted by Crippen LogP contribution is -2.36. The van der Waals surface area contributed by atoms with E-state index in [4.69, 9.17) is 0 Å². The van der Waals surface area contributed by atoms with Crippen LogP contribution in [0.1, 0.15) is 0 Å². The number of hydrogen-bond donors (Lipinski definition) is 2. The second kappa shape index (κ2) is 7.18. The van der Waals surface area contributed by atoms with E-state index in [1.165, 1.54) is 7.11 Å². The van der Waals surface area contributed by atoms with Crippen molar-refractivity contribution in [3.63, 3.8) is 0 Å². The molecule has 0 heterocycles. The molecule has 0 aliphatic carbocycles. The van der Waals surface area contributed by atoms with Crippen molar-refractivity contribution in [1.82, 2.24) is 5.32 Å². The third-order valence-corrected chi connectivity index (χ3v) is 1.38. The first-order valence-corrected chi connectivity index (χ1v) is 3.25. The highest BCUT2D eigenvalue weighted by atomic mass is 35.5. The van der Waals surface area contributed by atoms with Gasteiger partial charge in [0, 0.05) is 5.75 Å². The van der Waals surface area contributed by atoms with Gasteiger partial charge in [-0.15, -0.1) is 12.4 Å². The molecule has 62 valence electrons. The van der Waals surface area contributed by atoms with E-state index in [0.29, 0.717) is 5.75 Å². The van der Waals surface area contributed by atoms with Crippen molar-refractivity contribution in [2.75, 3.05) is 19.9 Å². The van der Waals surface area contributed by atoms with Crippen molar-refractivity contribution in [2.45, 2.75) is 6.04 Å². The first-order chi connectivity index (χ1) is 4.26. The summed E-state index contributed by atoms with van der Waals surface area (Å²) in [7, 11) is 3.05. The third-order valence-electron chi connectivity index (χ3n) is 1.02. The Labute approximate surface area is 72.3 Å². The van der Waals surface area contributed by atoms with Gasteiger partial charge in [-0.05, 0) is 7.05 Å². The van der Waals surface area contributed by atoms with E-state index >= 15 is 0 Å². The van der Waals surface area contributed by atoms with Crippen molar-refractivity contribution < 1.29 is 9.53 Å². The van der Waals surface area contributed by atoms with Gasteiger partial charge in [-0.2, -0.15) is 12.6 Å². The Kier molecular flexibility index (Phi) is 9.13. The Hall–Kier alpha value is 0.0700. The predicted molar refractivity (Wildman–Crippen MR) is 46.0 cm³/mol. The predicted octanol–water partition coefficient (Wildman–Crippen LogP) is 0.0990. The number of carbonyl (C=O) groups excluding carboxylic acids is 1. The summed E-state index contributed by atoms with van der Waals surface area (Å²) in [5, 5.41) is 2.75. The summed E-state index contributed by atoms with van der Waals surface area (Å²) in [5.41, 5.74) is 0. The van der Waals surface area contributed by atoms with Gasteiger partial charge in [-0.3, -0.25) is 4.79 Å². The average molecular weight is 186 g/mol. The molecule has 10 heavy (non-hydrogen) atoms. The van der Waals surface area contributed by atoms with Gasteiger partial charge in [0.05, 0.1) is 7.11 Å². The number of ether oxygens (including phenoxy) is 1. The van der Waals surface area contributed by atoms with Crippen LogP contribution >= 0.6 is 25.0 Å². The maximum absolute atomic E-state index is 10.6. The van der Waals surface area contributed by atoms with E-state index < -0.39 is 0 Å². The van der Waals surface area contributed by atoms with Crippen LogP contribution in [-0.2, 0) is 9.53 Å². The Morgan fingerprint density at radius 2 is 2.30 bits per heavy atom. The highest BCUT2D eigenvalue weighted by Gasteiger charge is 2.13. The minimum absolute atomic E-state index is 0. The zero-order chi connectivity index (χ0) is 7.28. The van der Waals surface area contributed by atoms with Gasteiger partial charge in [0.25, 0.3) is 0 Å². The van der Waals surface area contributed by atoms with Crippen LogP contribution in [-0.4, -0.2) is 31.9 Å². The number of nitrogens with one attached hydrogen (secondary N) is 1. The fourth-order valence-electron chi connectivity index (χ4n) is 0.426. The monoisotopic (exact) mass is 185 g/mol. The summed E-state index contributed by atoms with van der Waals surface area (Å²) in [6.45, 7) is 0. The third kappa shape index (κ3) is 3.98. The first kappa shape index (κ1) is 12.7. The number of likely N-dealkylation sites (N-methyl/N-ethyl adjacent to an activating group) is 1. The van der Waals surface area contributed by atoms with Gasteiger partial charge >= 0.3 is 5.97 Å². The van der Waals surface area contributed by atoms with Gasteiger partial charge < -0.3 is 10.1 Å². The number of methoxy groups -OCH3 is 1. The summed E-state index contributed by atoms with van der Waals surface area (Å²) in [4.78, 5) is 10.6. The summed E-state index contributed by atoms with van der Waals surface area (Å²) in [6, 6.07) is -0.279. The minimum atomic E-state index is -0.279. The number of rotatable bonds is 3. The molecule has 0 unspecified atom stereocenters. The second-order valence-corrected chi connectivity index (χ2v) is 1.91. The molecule has 0 aliphatic rings. The lowest BCUT2D eigenvalue weighted by molar-refractivity contribution is -0.142. The summed E-state index contributed by atoms with van der Waals surface area (Å²) < 4.78 is 4.44. The molecule has 0 aromatic heterocycles. The average Bonchev–Trinajstić information content (AvgIpc) is 1.90. The summed E-state index contributed by atoms with van der Waals surface area (Å²) in [5.74, 6) is 0.191. The quantitative estimate of drug-likeness (QED) is 0.484.